The Morgan fingerprint density at radius 3 is 2.37 bits per heavy atom. The molecule has 1 aliphatic rings. The van der Waals surface area contributed by atoms with Crippen LogP contribution in [0, 0.1) is 5.92 Å². The number of rotatable bonds is 7. The fourth-order valence-electron chi connectivity index (χ4n) is 2.40. The van der Waals surface area contributed by atoms with Crippen molar-refractivity contribution in [2.75, 3.05) is 34.4 Å². The monoisotopic (exact) mass is 272 g/mol. The van der Waals surface area contributed by atoms with Crippen molar-refractivity contribution < 1.29 is 14.3 Å². The normalized spacial score (nSPS) is 23.6. The van der Waals surface area contributed by atoms with Crippen molar-refractivity contribution >= 4 is 5.91 Å². The first-order chi connectivity index (χ1) is 9.06. The number of likely N-dealkylation sites (N-methyl/N-ethyl adjacent to an activating group) is 1. The smallest absolute Gasteiger partial charge is 0.236 e. The van der Waals surface area contributed by atoms with Crippen LogP contribution in [0.25, 0.3) is 0 Å². The minimum absolute atomic E-state index is 0.0812. The number of nitrogens with zero attached hydrogens (tertiary/aromatic N) is 1. The van der Waals surface area contributed by atoms with Gasteiger partial charge in [-0.1, -0.05) is 6.92 Å². The van der Waals surface area contributed by atoms with E-state index >= 15 is 0 Å². The molecule has 0 heterocycles. The molecule has 1 aliphatic carbocycles. The van der Waals surface area contributed by atoms with E-state index < -0.39 is 0 Å². The third kappa shape index (κ3) is 5.89. The summed E-state index contributed by atoms with van der Waals surface area (Å²) in [5.74, 6) is 0.915. The first-order valence-electron chi connectivity index (χ1n) is 7.09. The second-order valence-electron chi connectivity index (χ2n) is 5.51. The summed E-state index contributed by atoms with van der Waals surface area (Å²) in [7, 11) is 4.93. The Balaban J connectivity index is 2.22. The van der Waals surface area contributed by atoms with Crippen LogP contribution in [0.1, 0.15) is 32.6 Å². The van der Waals surface area contributed by atoms with Crippen molar-refractivity contribution in [1.82, 2.24) is 10.2 Å². The Morgan fingerprint density at radius 2 is 1.84 bits per heavy atom. The SMILES string of the molecule is COC(CN(C)C(=O)CNC1CCC(C)CC1)OC. The van der Waals surface area contributed by atoms with Crippen molar-refractivity contribution in [1.29, 1.82) is 0 Å². The van der Waals surface area contributed by atoms with E-state index in [1.165, 1.54) is 25.7 Å². The molecule has 112 valence electrons. The Kier molecular flexibility index (Phi) is 7.34. The molecule has 0 bridgehead atoms. The molecule has 0 saturated heterocycles. The lowest BCUT2D eigenvalue weighted by molar-refractivity contribution is -0.142. The molecule has 0 aromatic carbocycles. The van der Waals surface area contributed by atoms with Crippen LogP contribution in [0.5, 0.6) is 0 Å². The van der Waals surface area contributed by atoms with Gasteiger partial charge in [-0.3, -0.25) is 4.79 Å². The molecular formula is C14H28N2O3. The number of ether oxygens (including phenoxy) is 2. The van der Waals surface area contributed by atoms with Crippen LogP contribution in [-0.2, 0) is 14.3 Å². The summed E-state index contributed by atoms with van der Waals surface area (Å²) < 4.78 is 10.2. The van der Waals surface area contributed by atoms with Crippen LogP contribution >= 0.6 is 0 Å². The maximum Gasteiger partial charge on any atom is 0.236 e. The van der Waals surface area contributed by atoms with E-state index in [-0.39, 0.29) is 12.2 Å². The van der Waals surface area contributed by atoms with Gasteiger partial charge in [-0.05, 0) is 31.6 Å². The average Bonchev–Trinajstić information content (AvgIpc) is 2.43. The predicted octanol–water partition coefficient (Wildman–Crippen LogP) is 1.23. The zero-order chi connectivity index (χ0) is 14.3. The number of hydrogen-bond acceptors (Lipinski definition) is 4. The molecule has 0 aromatic heterocycles. The molecule has 1 amide bonds. The molecule has 1 saturated carbocycles. The van der Waals surface area contributed by atoms with Gasteiger partial charge in [0.1, 0.15) is 0 Å². The van der Waals surface area contributed by atoms with Gasteiger partial charge < -0.3 is 19.7 Å². The molecule has 1 N–H and O–H groups in total. The van der Waals surface area contributed by atoms with Crippen molar-refractivity contribution in [2.24, 2.45) is 5.92 Å². The number of hydrogen-bond donors (Lipinski definition) is 1. The maximum absolute atomic E-state index is 12.0. The topological polar surface area (TPSA) is 50.8 Å². The van der Waals surface area contributed by atoms with Crippen molar-refractivity contribution in [2.45, 2.75) is 44.9 Å². The molecule has 1 fully saturated rings. The molecule has 5 nitrogen and oxygen atoms in total. The highest BCUT2D eigenvalue weighted by Crippen LogP contribution is 2.23. The van der Waals surface area contributed by atoms with Crippen LogP contribution in [0.4, 0.5) is 0 Å². The lowest BCUT2D eigenvalue weighted by atomic mass is 9.87. The Bertz CT molecular complexity index is 261. The van der Waals surface area contributed by atoms with E-state index in [1.807, 2.05) is 0 Å². The predicted molar refractivity (Wildman–Crippen MR) is 74.9 cm³/mol. The van der Waals surface area contributed by atoms with Gasteiger partial charge in [0, 0.05) is 27.3 Å². The maximum atomic E-state index is 12.0. The zero-order valence-electron chi connectivity index (χ0n) is 12.6. The summed E-state index contributed by atoms with van der Waals surface area (Å²) in [5, 5.41) is 3.36. The number of nitrogens with one attached hydrogen (secondary N) is 1. The number of amides is 1. The fourth-order valence-corrected chi connectivity index (χ4v) is 2.40. The first kappa shape index (κ1) is 16.4. The highest BCUT2D eigenvalue weighted by Gasteiger charge is 2.20. The van der Waals surface area contributed by atoms with Gasteiger partial charge >= 0.3 is 0 Å². The van der Waals surface area contributed by atoms with Gasteiger partial charge in [0.2, 0.25) is 5.91 Å². The van der Waals surface area contributed by atoms with Crippen LogP contribution in [0.15, 0.2) is 0 Å². The summed E-state index contributed by atoms with van der Waals surface area (Å²) in [6, 6.07) is 0.495. The highest BCUT2D eigenvalue weighted by molar-refractivity contribution is 5.78. The number of methoxy groups -OCH3 is 2. The molecular weight excluding hydrogens is 244 g/mol. The second kappa shape index (κ2) is 8.51. The standard InChI is InChI=1S/C14H28N2O3/c1-11-5-7-12(8-6-11)15-9-13(17)16(2)10-14(18-3)19-4/h11-12,14-15H,5-10H2,1-4H3. The molecule has 5 heteroatoms. The van der Waals surface area contributed by atoms with Crippen LogP contribution < -0.4 is 5.32 Å². The fraction of sp³-hybridized carbons (Fsp3) is 0.929. The van der Waals surface area contributed by atoms with E-state index in [9.17, 15) is 4.79 Å². The average molecular weight is 272 g/mol. The molecule has 1 rings (SSSR count). The quantitative estimate of drug-likeness (QED) is 0.708. The lowest BCUT2D eigenvalue weighted by Crippen LogP contribution is -2.44. The molecule has 0 spiro atoms. The summed E-state index contributed by atoms with van der Waals surface area (Å²) in [5.41, 5.74) is 0. The number of carbonyl (C=O) groups excluding carboxylic acids is 1. The number of carbonyl (C=O) groups is 1. The van der Waals surface area contributed by atoms with Gasteiger partial charge in [0.05, 0.1) is 13.1 Å². The van der Waals surface area contributed by atoms with E-state index in [0.717, 1.165) is 5.92 Å². The molecule has 0 unspecified atom stereocenters. The Labute approximate surface area is 116 Å². The van der Waals surface area contributed by atoms with E-state index in [0.29, 0.717) is 19.1 Å². The van der Waals surface area contributed by atoms with Crippen molar-refractivity contribution in [3.05, 3.63) is 0 Å². The van der Waals surface area contributed by atoms with Crippen molar-refractivity contribution in [3.63, 3.8) is 0 Å². The molecule has 0 aromatic rings. The van der Waals surface area contributed by atoms with Gasteiger partial charge in [-0.2, -0.15) is 0 Å². The van der Waals surface area contributed by atoms with Gasteiger partial charge in [-0.25, -0.2) is 0 Å². The highest BCUT2D eigenvalue weighted by atomic mass is 16.7. The summed E-state index contributed by atoms with van der Waals surface area (Å²) in [4.78, 5) is 13.6. The Morgan fingerprint density at radius 1 is 1.26 bits per heavy atom. The van der Waals surface area contributed by atoms with Crippen LogP contribution in [-0.4, -0.2) is 57.5 Å². The van der Waals surface area contributed by atoms with Gasteiger partial charge in [0.25, 0.3) is 0 Å². The third-order valence-electron chi connectivity index (χ3n) is 3.93. The third-order valence-corrected chi connectivity index (χ3v) is 3.93. The molecule has 0 radical (unpaired) electrons. The molecule has 0 atom stereocenters. The lowest BCUT2D eigenvalue weighted by Gasteiger charge is -2.28. The Hall–Kier alpha value is -0.650. The largest absolute Gasteiger partial charge is 0.354 e. The van der Waals surface area contributed by atoms with Gasteiger partial charge in [-0.15, -0.1) is 0 Å². The zero-order valence-corrected chi connectivity index (χ0v) is 12.6. The molecule has 19 heavy (non-hydrogen) atoms. The van der Waals surface area contributed by atoms with E-state index in [1.54, 1.807) is 26.2 Å². The minimum atomic E-state index is -0.357. The first-order valence-corrected chi connectivity index (χ1v) is 7.09. The van der Waals surface area contributed by atoms with E-state index in [4.69, 9.17) is 9.47 Å². The van der Waals surface area contributed by atoms with Crippen LogP contribution in [0.2, 0.25) is 0 Å². The summed E-state index contributed by atoms with van der Waals surface area (Å²) in [6.45, 7) is 3.15. The summed E-state index contributed by atoms with van der Waals surface area (Å²) in [6.07, 6.45) is 4.52. The molecule has 0 aliphatic heterocycles. The second-order valence-corrected chi connectivity index (χ2v) is 5.51. The van der Waals surface area contributed by atoms with Crippen LogP contribution in [0.3, 0.4) is 0 Å². The van der Waals surface area contributed by atoms with E-state index in [2.05, 4.69) is 12.2 Å². The summed E-state index contributed by atoms with van der Waals surface area (Å²) >= 11 is 0. The minimum Gasteiger partial charge on any atom is -0.354 e. The van der Waals surface area contributed by atoms with Crippen molar-refractivity contribution in [3.8, 4) is 0 Å². The van der Waals surface area contributed by atoms with Gasteiger partial charge in [0.15, 0.2) is 6.29 Å².